The molecule has 1 aromatic rings. The van der Waals surface area contributed by atoms with Gasteiger partial charge in [-0.3, -0.25) is 4.98 Å². The highest BCUT2D eigenvalue weighted by Gasteiger charge is 2.22. The van der Waals surface area contributed by atoms with Gasteiger partial charge in [-0.05, 0) is 31.4 Å². The second-order valence-electron chi connectivity index (χ2n) is 5.26. The van der Waals surface area contributed by atoms with E-state index in [0.29, 0.717) is 6.42 Å². The summed E-state index contributed by atoms with van der Waals surface area (Å²) in [6.45, 7) is 7.34. The Morgan fingerprint density at radius 2 is 1.89 bits per heavy atom. The fourth-order valence-electron chi connectivity index (χ4n) is 1.90. The van der Waals surface area contributed by atoms with Gasteiger partial charge in [-0.2, -0.15) is 5.26 Å². The fraction of sp³-hybridized carbons (Fsp3) is 0.571. The van der Waals surface area contributed by atoms with Crippen molar-refractivity contribution < 1.29 is 8.42 Å². The van der Waals surface area contributed by atoms with Crippen LogP contribution in [-0.2, 0) is 9.84 Å². The summed E-state index contributed by atoms with van der Waals surface area (Å²) in [6.07, 6.45) is 3.40. The molecule has 0 saturated heterocycles. The zero-order chi connectivity index (χ0) is 14.6. The molecule has 0 saturated carbocycles. The predicted molar refractivity (Wildman–Crippen MR) is 74.4 cm³/mol. The van der Waals surface area contributed by atoms with Gasteiger partial charge in [0, 0.05) is 24.7 Å². The number of hydrogen-bond donors (Lipinski definition) is 0. The molecule has 0 bridgehead atoms. The second kappa shape index (κ2) is 6.16. The van der Waals surface area contributed by atoms with E-state index in [9.17, 15) is 8.42 Å². The third-order valence-electron chi connectivity index (χ3n) is 3.23. The highest BCUT2D eigenvalue weighted by atomic mass is 32.2. The third-order valence-corrected chi connectivity index (χ3v) is 5.35. The molecule has 104 valence electrons. The summed E-state index contributed by atoms with van der Waals surface area (Å²) in [5.41, 5.74) is 0.818. The minimum Gasteiger partial charge on any atom is -0.263 e. The molecule has 1 atom stereocenters. The van der Waals surface area contributed by atoms with Crippen molar-refractivity contribution in [2.75, 3.05) is 0 Å². The van der Waals surface area contributed by atoms with Crippen LogP contribution >= 0.6 is 0 Å². The third kappa shape index (κ3) is 3.54. The van der Waals surface area contributed by atoms with Crippen molar-refractivity contribution >= 4 is 9.84 Å². The standard InChI is InChI=1S/C14H20N2O2S/c1-10(2)14(5-6-15)12-7-13(9-16-8-12)19(17,18)11(3)4/h7-11,14H,5H2,1-4H3. The first-order valence-electron chi connectivity index (χ1n) is 6.36. The molecule has 0 amide bonds. The van der Waals surface area contributed by atoms with Gasteiger partial charge in [-0.25, -0.2) is 8.42 Å². The van der Waals surface area contributed by atoms with Crippen LogP contribution in [0.1, 0.15) is 45.6 Å². The lowest BCUT2D eigenvalue weighted by Gasteiger charge is -2.18. The number of rotatable bonds is 5. The van der Waals surface area contributed by atoms with Crippen molar-refractivity contribution in [3.05, 3.63) is 24.0 Å². The van der Waals surface area contributed by atoms with Crippen molar-refractivity contribution in [3.8, 4) is 6.07 Å². The van der Waals surface area contributed by atoms with E-state index in [-0.39, 0.29) is 16.7 Å². The molecule has 0 N–H and O–H groups in total. The number of nitrogens with zero attached hydrogens (tertiary/aromatic N) is 2. The number of pyridine rings is 1. The van der Waals surface area contributed by atoms with E-state index < -0.39 is 15.1 Å². The summed E-state index contributed by atoms with van der Waals surface area (Å²) < 4.78 is 24.3. The van der Waals surface area contributed by atoms with Crippen molar-refractivity contribution in [2.45, 2.75) is 50.2 Å². The molecule has 0 aliphatic carbocycles. The van der Waals surface area contributed by atoms with E-state index in [0.717, 1.165) is 5.56 Å². The first-order chi connectivity index (χ1) is 8.80. The normalized spacial score (nSPS) is 13.5. The lowest BCUT2D eigenvalue weighted by atomic mass is 9.87. The van der Waals surface area contributed by atoms with E-state index in [4.69, 9.17) is 5.26 Å². The predicted octanol–water partition coefficient (Wildman–Crippen LogP) is 2.92. The summed E-state index contributed by atoms with van der Waals surface area (Å²) in [5, 5.41) is 8.40. The highest BCUT2D eigenvalue weighted by molar-refractivity contribution is 7.92. The van der Waals surface area contributed by atoms with Gasteiger partial charge in [0.15, 0.2) is 9.84 Å². The Bertz CT molecular complexity index is 571. The number of aromatic nitrogens is 1. The van der Waals surface area contributed by atoms with Crippen LogP contribution in [0.2, 0.25) is 0 Å². The molecule has 0 aliphatic heterocycles. The average Bonchev–Trinajstić information content (AvgIpc) is 2.35. The maximum Gasteiger partial charge on any atom is 0.182 e. The molecule has 5 heteroatoms. The van der Waals surface area contributed by atoms with Crippen LogP contribution in [0.25, 0.3) is 0 Å². The summed E-state index contributed by atoms with van der Waals surface area (Å²) in [5.74, 6) is 0.276. The minimum absolute atomic E-state index is 0.0137. The van der Waals surface area contributed by atoms with Crippen LogP contribution in [0.5, 0.6) is 0 Å². The number of nitriles is 1. The van der Waals surface area contributed by atoms with E-state index >= 15 is 0 Å². The Morgan fingerprint density at radius 1 is 1.26 bits per heavy atom. The Labute approximate surface area is 115 Å². The Balaban J connectivity index is 3.24. The first kappa shape index (κ1) is 15.6. The maximum atomic E-state index is 12.1. The largest absolute Gasteiger partial charge is 0.263 e. The van der Waals surface area contributed by atoms with Crippen LogP contribution in [0, 0.1) is 17.2 Å². The molecule has 0 spiro atoms. The van der Waals surface area contributed by atoms with Crippen molar-refractivity contribution in [1.82, 2.24) is 4.98 Å². The van der Waals surface area contributed by atoms with Gasteiger partial charge in [0.1, 0.15) is 0 Å². The molecule has 1 rings (SSSR count). The summed E-state index contributed by atoms with van der Waals surface area (Å²) in [7, 11) is -3.32. The SMILES string of the molecule is CC(C)C(CC#N)c1cncc(S(=O)(=O)C(C)C)c1. The van der Waals surface area contributed by atoms with Gasteiger partial charge >= 0.3 is 0 Å². The topological polar surface area (TPSA) is 70.8 Å². The van der Waals surface area contributed by atoms with Gasteiger partial charge in [0.25, 0.3) is 0 Å². The molecular weight excluding hydrogens is 260 g/mol. The monoisotopic (exact) mass is 280 g/mol. The maximum absolute atomic E-state index is 12.1. The molecule has 1 aromatic heterocycles. The molecule has 1 heterocycles. The van der Waals surface area contributed by atoms with Crippen LogP contribution < -0.4 is 0 Å². The zero-order valence-corrected chi connectivity index (χ0v) is 12.6. The Kier molecular flexibility index (Phi) is 5.07. The summed E-state index contributed by atoms with van der Waals surface area (Å²) in [6, 6.07) is 3.81. The molecule has 4 nitrogen and oxygen atoms in total. The van der Waals surface area contributed by atoms with Crippen molar-refractivity contribution in [2.24, 2.45) is 5.92 Å². The minimum atomic E-state index is -3.32. The van der Waals surface area contributed by atoms with Crippen molar-refractivity contribution in [1.29, 1.82) is 5.26 Å². The lowest BCUT2D eigenvalue weighted by Crippen LogP contribution is -2.15. The van der Waals surface area contributed by atoms with Gasteiger partial charge in [0.2, 0.25) is 0 Å². The molecule has 0 aliphatic rings. The summed E-state index contributed by atoms with van der Waals surface area (Å²) in [4.78, 5) is 4.27. The molecule has 0 radical (unpaired) electrons. The lowest BCUT2D eigenvalue weighted by molar-refractivity contribution is 0.503. The number of sulfone groups is 1. The Morgan fingerprint density at radius 3 is 2.37 bits per heavy atom. The van der Waals surface area contributed by atoms with Crippen LogP contribution in [0.3, 0.4) is 0 Å². The van der Waals surface area contributed by atoms with Gasteiger partial charge in [0.05, 0.1) is 16.2 Å². The van der Waals surface area contributed by atoms with E-state index in [1.807, 2.05) is 13.8 Å². The van der Waals surface area contributed by atoms with Crippen molar-refractivity contribution in [3.63, 3.8) is 0 Å². The smallest absolute Gasteiger partial charge is 0.182 e. The van der Waals surface area contributed by atoms with E-state index in [1.165, 1.54) is 6.20 Å². The quantitative estimate of drug-likeness (QED) is 0.831. The first-order valence-corrected chi connectivity index (χ1v) is 7.91. The van der Waals surface area contributed by atoms with Crippen LogP contribution in [0.4, 0.5) is 0 Å². The second-order valence-corrected chi connectivity index (χ2v) is 7.76. The molecule has 0 aromatic carbocycles. The molecule has 0 fully saturated rings. The molecule has 1 unspecified atom stereocenters. The van der Waals surface area contributed by atoms with Gasteiger partial charge in [-0.15, -0.1) is 0 Å². The Hall–Kier alpha value is -1.41. The molecule has 19 heavy (non-hydrogen) atoms. The number of hydrogen-bond acceptors (Lipinski definition) is 4. The summed E-state index contributed by atoms with van der Waals surface area (Å²) >= 11 is 0. The van der Waals surface area contributed by atoms with E-state index in [2.05, 4.69) is 11.1 Å². The van der Waals surface area contributed by atoms with Crippen LogP contribution in [-0.4, -0.2) is 18.7 Å². The van der Waals surface area contributed by atoms with Gasteiger partial charge in [-0.1, -0.05) is 13.8 Å². The fourth-order valence-corrected chi connectivity index (χ4v) is 2.96. The highest BCUT2D eigenvalue weighted by Crippen LogP contribution is 2.29. The van der Waals surface area contributed by atoms with Gasteiger partial charge < -0.3 is 0 Å². The van der Waals surface area contributed by atoms with E-state index in [1.54, 1.807) is 26.1 Å². The van der Waals surface area contributed by atoms with Crippen LogP contribution in [0.15, 0.2) is 23.4 Å². The zero-order valence-electron chi connectivity index (χ0n) is 11.8. The average molecular weight is 280 g/mol. The molecular formula is C14H20N2O2S.